The Hall–Kier alpha value is -1.00. The van der Waals surface area contributed by atoms with E-state index < -0.39 is 0 Å². The largest absolute Gasteiger partial charge is 0.325 e. The van der Waals surface area contributed by atoms with Gasteiger partial charge in [0.2, 0.25) is 5.91 Å². The van der Waals surface area contributed by atoms with Crippen LogP contribution in [-0.4, -0.2) is 37.7 Å². The molecule has 4 heteroatoms. The maximum atomic E-state index is 11.5. The van der Waals surface area contributed by atoms with E-state index in [1.54, 1.807) is 11.8 Å². The number of benzene rings is 1. The summed E-state index contributed by atoms with van der Waals surface area (Å²) in [6.07, 6.45) is 2.01. The van der Waals surface area contributed by atoms with Crippen molar-refractivity contribution in [3.05, 3.63) is 24.3 Å². The Labute approximate surface area is 94.9 Å². The predicted octanol–water partition coefficient (Wildman–Crippen LogP) is 1.91. The molecule has 0 spiro atoms. The molecule has 0 aliphatic carbocycles. The molecular formula is C11H16N2OS. The second-order valence-electron chi connectivity index (χ2n) is 3.52. The van der Waals surface area contributed by atoms with Gasteiger partial charge in [-0.2, -0.15) is 0 Å². The van der Waals surface area contributed by atoms with Crippen LogP contribution in [0.5, 0.6) is 0 Å². The average Bonchev–Trinajstić information content (AvgIpc) is 2.16. The number of nitrogens with zero attached hydrogens (tertiary/aromatic N) is 1. The first-order valence-electron chi connectivity index (χ1n) is 4.70. The summed E-state index contributed by atoms with van der Waals surface area (Å²) in [4.78, 5) is 14.5. The Morgan fingerprint density at radius 1 is 1.47 bits per heavy atom. The van der Waals surface area contributed by atoms with Crippen LogP contribution in [0, 0.1) is 0 Å². The first-order valence-corrected chi connectivity index (χ1v) is 5.93. The molecule has 1 N–H and O–H groups in total. The number of anilines is 1. The third kappa shape index (κ3) is 4.36. The van der Waals surface area contributed by atoms with Crippen LogP contribution in [0.4, 0.5) is 5.69 Å². The number of carbonyl (C=O) groups excluding carboxylic acids is 1. The molecule has 1 amide bonds. The maximum absolute atomic E-state index is 11.5. The molecule has 0 heterocycles. The summed E-state index contributed by atoms with van der Waals surface area (Å²) in [7, 11) is 3.75. The second kappa shape index (κ2) is 5.78. The molecule has 0 atom stereocenters. The number of carbonyl (C=O) groups is 1. The minimum atomic E-state index is 0.0123. The van der Waals surface area contributed by atoms with E-state index in [2.05, 4.69) is 5.32 Å². The molecule has 3 nitrogen and oxygen atoms in total. The Morgan fingerprint density at radius 3 is 2.80 bits per heavy atom. The number of rotatable bonds is 4. The second-order valence-corrected chi connectivity index (χ2v) is 4.40. The van der Waals surface area contributed by atoms with Crippen LogP contribution >= 0.6 is 11.8 Å². The summed E-state index contributed by atoms with van der Waals surface area (Å²) in [6, 6.07) is 7.83. The highest BCUT2D eigenvalue weighted by atomic mass is 32.2. The van der Waals surface area contributed by atoms with Gasteiger partial charge in [0, 0.05) is 10.6 Å². The molecule has 0 aliphatic rings. The van der Waals surface area contributed by atoms with E-state index in [0.717, 1.165) is 10.6 Å². The van der Waals surface area contributed by atoms with Crippen LogP contribution in [0.3, 0.4) is 0 Å². The van der Waals surface area contributed by atoms with Gasteiger partial charge < -0.3 is 10.2 Å². The lowest BCUT2D eigenvalue weighted by Gasteiger charge is -2.10. The van der Waals surface area contributed by atoms with Crippen molar-refractivity contribution in [1.82, 2.24) is 4.90 Å². The van der Waals surface area contributed by atoms with Gasteiger partial charge in [-0.25, -0.2) is 0 Å². The number of hydrogen-bond acceptors (Lipinski definition) is 3. The van der Waals surface area contributed by atoms with Crippen molar-refractivity contribution in [3.8, 4) is 0 Å². The third-order valence-electron chi connectivity index (χ3n) is 1.81. The summed E-state index contributed by atoms with van der Waals surface area (Å²) in [6.45, 7) is 0.406. The summed E-state index contributed by atoms with van der Waals surface area (Å²) in [5.41, 5.74) is 0.855. The van der Waals surface area contributed by atoms with Gasteiger partial charge >= 0.3 is 0 Å². The molecule has 0 aromatic heterocycles. The molecule has 0 bridgehead atoms. The average molecular weight is 224 g/mol. The van der Waals surface area contributed by atoms with Crippen molar-refractivity contribution in [2.24, 2.45) is 0 Å². The summed E-state index contributed by atoms with van der Waals surface area (Å²) >= 11 is 1.66. The van der Waals surface area contributed by atoms with Crippen LogP contribution in [0.25, 0.3) is 0 Å². The lowest BCUT2D eigenvalue weighted by Crippen LogP contribution is -2.27. The highest BCUT2D eigenvalue weighted by molar-refractivity contribution is 7.98. The van der Waals surface area contributed by atoms with E-state index in [0.29, 0.717) is 6.54 Å². The minimum Gasteiger partial charge on any atom is -0.325 e. The van der Waals surface area contributed by atoms with Gasteiger partial charge in [0.15, 0.2) is 0 Å². The summed E-state index contributed by atoms with van der Waals surface area (Å²) < 4.78 is 0. The zero-order valence-corrected chi connectivity index (χ0v) is 10.1. The van der Waals surface area contributed by atoms with Crippen molar-refractivity contribution in [3.63, 3.8) is 0 Å². The fraction of sp³-hybridized carbons (Fsp3) is 0.364. The monoisotopic (exact) mass is 224 g/mol. The number of hydrogen-bond donors (Lipinski definition) is 1. The summed E-state index contributed by atoms with van der Waals surface area (Å²) in [5, 5.41) is 2.85. The molecule has 15 heavy (non-hydrogen) atoms. The lowest BCUT2D eigenvalue weighted by molar-refractivity contribution is -0.116. The molecule has 0 radical (unpaired) electrons. The van der Waals surface area contributed by atoms with Crippen LogP contribution in [0.1, 0.15) is 0 Å². The van der Waals surface area contributed by atoms with Gasteiger partial charge in [-0.05, 0) is 38.6 Å². The van der Waals surface area contributed by atoms with Gasteiger partial charge in [0.05, 0.1) is 6.54 Å². The Morgan fingerprint density at radius 2 is 2.20 bits per heavy atom. The molecule has 82 valence electrons. The maximum Gasteiger partial charge on any atom is 0.238 e. The van der Waals surface area contributed by atoms with E-state index in [4.69, 9.17) is 0 Å². The molecule has 1 rings (SSSR count). The molecule has 0 fully saturated rings. The van der Waals surface area contributed by atoms with E-state index in [1.807, 2.05) is 49.5 Å². The zero-order chi connectivity index (χ0) is 11.3. The van der Waals surface area contributed by atoms with Crippen LogP contribution < -0.4 is 5.32 Å². The first-order chi connectivity index (χ1) is 7.11. The quantitative estimate of drug-likeness (QED) is 0.793. The molecule has 0 saturated carbocycles. The third-order valence-corrected chi connectivity index (χ3v) is 2.54. The minimum absolute atomic E-state index is 0.0123. The molecule has 1 aromatic rings. The first kappa shape index (κ1) is 12.1. The standard InChI is InChI=1S/C11H16N2OS/c1-13(2)8-11(14)12-9-5-4-6-10(7-9)15-3/h4-7H,8H2,1-3H3,(H,12,14). The van der Waals surface area contributed by atoms with Gasteiger partial charge in [-0.1, -0.05) is 6.07 Å². The van der Waals surface area contributed by atoms with Gasteiger partial charge in [0.1, 0.15) is 0 Å². The van der Waals surface area contributed by atoms with Crippen LogP contribution in [0.2, 0.25) is 0 Å². The number of likely N-dealkylation sites (N-methyl/N-ethyl adjacent to an activating group) is 1. The van der Waals surface area contributed by atoms with Crippen molar-refractivity contribution in [2.75, 3.05) is 32.2 Å². The molecular weight excluding hydrogens is 208 g/mol. The van der Waals surface area contributed by atoms with Crippen molar-refractivity contribution < 1.29 is 4.79 Å². The van der Waals surface area contributed by atoms with E-state index in [1.165, 1.54) is 0 Å². The fourth-order valence-corrected chi connectivity index (χ4v) is 1.65. The molecule has 1 aromatic carbocycles. The predicted molar refractivity (Wildman–Crippen MR) is 65.4 cm³/mol. The fourth-order valence-electron chi connectivity index (χ4n) is 1.19. The van der Waals surface area contributed by atoms with Crippen molar-refractivity contribution >= 4 is 23.4 Å². The highest BCUT2D eigenvalue weighted by Gasteiger charge is 2.03. The molecule has 0 aliphatic heterocycles. The van der Waals surface area contributed by atoms with Gasteiger partial charge in [-0.15, -0.1) is 11.8 Å². The summed E-state index contributed by atoms with van der Waals surface area (Å²) in [5.74, 6) is 0.0123. The number of thioether (sulfide) groups is 1. The zero-order valence-electron chi connectivity index (χ0n) is 9.28. The van der Waals surface area contributed by atoms with Crippen LogP contribution in [0.15, 0.2) is 29.2 Å². The van der Waals surface area contributed by atoms with E-state index >= 15 is 0 Å². The van der Waals surface area contributed by atoms with Gasteiger partial charge in [0.25, 0.3) is 0 Å². The SMILES string of the molecule is CSc1cccc(NC(=O)CN(C)C)c1. The van der Waals surface area contributed by atoms with Crippen molar-refractivity contribution in [1.29, 1.82) is 0 Å². The molecule has 0 unspecified atom stereocenters. The molecule has 0 saturated heterocycles. The van der Waals surface area contributed by atoms with Crippen molar-refractivity contribution in [2.45, 2.75) is 4.90 Å². The number of amides is 1. The van der Waals surface area contributed by atoms with Gasteiger partial charge in [-0.3, -0.25) is 4.79 Å². The topological polar surface area (TPSA) is 32.3 Å². The number of nitrogens with one attached hydrogen (secondary N) is 1. The van der Waals surface area contributed by atoms with Crippen LogP contribution in [-0.2, 0) is 4.79 Å². The smallest absolute Gasteiger partial charge is 0.238 e. The highest BCUT2D eigenvalue weighted by Crippen LogP contribution is 2.18. The Bertz CT molecular complexity index is 339. The Kier molecular flexibility index (Phi) is 4.65. The normalized spacial score (nSPS) is 10.4. The Balaban J connectivity index is 2.60. The van der Waals surface area contributed by atoms with E-state index in [-0.39, 0.29) is 5.91 Å². The lowest BCUT2D eigenvalue weighted by atomic mass is 10.3. The van der Waals surface area contributed by atoms with E-state index in [9.17, 15) is 4.79 Å².